The number of aryl methyl sites for hydroxylation is 1. The first-order valence-corrected chi connectivity index (χ1v) is 8.45. The molecule has 3 aromatic carbocycles. The monoisotopic (exact) mass is 320 g/mol. The Balaban J connectivity index is 1.84. The van der Waals surface area contributed by atoms with E-state index in [0.29, 0.717) is 0 Å². The minimum absolute atomic E-state index is 0.963. The minimum Gasteiger partial charge on any atom is -0.248 e. The molecule has 1 aliphatic rings. The van der Waals surface area contributed by atoms with Gasteiger partial charge in [-0.1, -0.05) is 54.1 Å². The molecule has 25 heavy (non-hydrogen) atoms. The standard InChI is InChI=1S/C23H16N2/c1-15-11-12-18-19(13-15)23-20(14-16-7-5-6-10-21(16)25-23)22(18)24-17-8-3-2-4-9-17/h2-14H,1H3. The van der Waals surface area contributed by atoms with Crippen LogP contribution in [0.5, 0.6) is 0 Å². The highest BCUT2D eigenvalue weighted by Crippen LogP contribution is 2.38. The number of pyridine rings is 1. The molecule has 1 heterocycles. The topological polar surface area (TPSA) is 25.2 Å². The Morgan fingerprint density at radius 1 is 0.720 bits per heavy atom. The summed E-state index contributed by atoms with van der Waals surface area (Å²) in [6.45, 7) is 2.12. The molecule has 1 aliphatic carbocycles. The number of fused-ring (bicyclic) bond motifs is 4. The Kier molecular flexibility index (Phi) is 3.04. The summed E-state index contributed by atoms with van der Waals surface area (Å²) in [4.78, 5) is 9.90. The SMILES string of the molecule is Cc1ccc2c(c1)-c1nc3ccccc3cc1C2=Nc1ccccc1. The largest absolute Gasteiger partial charge is 0.248 e. The third kappa shape index (κ3) is 2.26. The van der Waals surface area contributed by atoms with E-state index in [2.05, 4.69) is 49.4 Å². The van der Waals surface area contributed by atoms with Gasteiger partial charge < -0.3 is 0 Å². The summed E-state index contributed by atoms with van der Waals surface area (Å²) in [7, 11) is 0. The molecule has 0 saturated carbocycles. The van der Waals surface area contributed by atoms with Crippen LogP contribution in [0.25, 0.3) is 22.2 Å². The molecule has 0 fully saturated rings. The van der Waals surface area contributed by atoms with Gasteiger partial charge in [0.2, 0.25) is 0 Å². The Labute approximate surface area is 146 Å². The Morgan fingerprint density at radius 2 is 1.52 bits per heavy atom. The van der Waals surface area contributed by atoms with Crippen molar-refractivity contribution >= 4 is 22.3 Å². The lowest BCUT2D eigenvalue weighted by Crippen LogP contribution is -1.98. The van der Waals surface area contributed by atoms with E-state index in [1.165, 1.54) is 11.1 Å². The van der Waals surface area contributed by atoms with Crippen molar-refractivity contribution in [2.45, 2.75) is 6.92 Å². The third-order valence-corrected chi connectivity index (χ3v) is 4.66. The average molecular weight is 320 g/mol. The predicted molar refractivity (Wildman–Crippen MR) is 104 cm³/mol. The maximum Gasteiger partial charge on any atom is 0.0810 e. The van der Waals surface area contributed by atoms with Crippen LogP contribution in [0.4, 0.5) is 5.69 Å². The molecule has 0 N–H and O–H groups in total. The van der Waals surface area contributed by atoms with E-state index in [0.717, 1.165) is 39.1 Å². The quantitative estimate of drug-likeness (QED) is 0.389. The fourth-order valence-electron chi connectivity index (χ4n) is 3.46. The lowest BCUT2D eigenvalue weighted by atomic mass is 10.1. The van der Waals surface area contributed by atoms with E-state index in [9.17, 15) is 0 Å². The van der Waals surface area contributed by atoms with Crippen molar-refractivity contribution in [3.05, 3.63) is 95.6 Å². The van der Waals surface area contributed by atoms with E-state index in [4.69, 9.17) is 9.98 Å². The van der Waals surface area contributed by atoms with Gasteiger partial charge in [-0.15, -0.1) is 0 Å². The van der Waals surface area contributed by atoms with Gasteiger partial charge in [0.15, 0.2) is 0 Å². The summed E-state index contributed by atoms with van der Waals surface area (Å²) in [5, 5.41) is 1.14. The van der Waals surface area contributed by atoms with Crippen LogP contribution in [0.15, 0.2) is 83.9 Å². The number of aromatic nitrogens is 1. The van der Waals surface area contributed by atoms with Gasteiger partial charge in [-0.05, 0) is 37.3 Å². The minimum atomic E-state index is 0.963. The molecular weight excluding hydrogens is 304 g/mol. The van der Waals surface area contributed by atoms with Crippen LogP contribution in [0, 0.1) is 6.92 Å². The summed E-state index contributed by atoms with van der Waals surface area (Å²) in [5.74, 6) is 0. The van der Waals surface area contributed by atoms with E-state index >= 15 is 0 Å². The number of benzene rings is 3. The van der Waals surface area contributed by atoms with Crippen LogP contribution in [-0.2, 0) is 0 Å². The molecule has 2 heteroatoms. The van der Waals surface area contributed by atoms with Crippen LogP contribution >= 0.6 is 0 Å². The molecule has 0 unspecified atom stereocenters. The normalized spacial score (nSPS) is 13.9. The molecule has 0 saturated heterocycles. The van der Waals surface area contributed by atoms with Gasteiger partial charge in [0.05, 0.1) is 22.6 Å². The molecule has 2 nitrogen and oxygen atoms in total. The van der Waals surface area contributed by atoms with Gasteiger partial charge in [0.25, 0.3) is 0 Å². The third-order valence-electron chi connectivity index (χ3n) is 4.66. The molecular formula is C23H16N2. The van der Waals surface area contributed by atoms with E-state index < -0.39 is 0 Å². The van der Waals surface area contributed by atoms with Gasteiger partial charge in [0.1, 0.15) is 0 Å². The smallest absolute Gasteiger partial charge is 0.0810 e. The number of hydrogen-bond donors (Lipinski definition) is 0. The van der Waals surface area contributed by atoms with Gasteiger partial charge in [0, 0.05) is 22.1 Å². The lowest BCUT2D eigenvalue weighted by Gasteiger charge is -2.04. The molecule has 4 aromatic rings. The van der Waals surface area contributed by atoms with Crippen molar-refractivity contribution in [2.75, 3.05) is 0 Å². The number of aliphatic imine (C=N–C) groups is 1. The van der Waals surface area contributed by atoms with Gasteiger partial charge in [-0.2, -0.15) is 0 Å². The number of para-hydroxylation sites is 2. The summed E-state index contributed by atoms with van der Waals surface area (Å²) >= 11 is 0. The fraction of sp³-hybridized carbons (Fsp3) is 0.0435. The second-order valence-corrected chi connectivity index (χ2v) is 6.42. The van der Waals surface area contributed by atoms with Gasteiger partial charge in [-0.3, -0.25) is 0 Å². The van der Waals surface area contributed by atoms with Crippen LogP contribution in [0.3, 0.4) is 0 Å². The number of nitrogens with zero attached hydrogens (tertiary/aromatic N) is 2. The highest BCUT2D eigenvalue weighted by atomic mass is 14.8. The first kappa shape index (κ1) is 14.1. The van der Waals surface area contributed by atoms with Gasteiger partial charge in [-0.25, -0.2) is 9.98 Å². The van der Waals surface area contributed by atoms with Crippen LogP contribution in [-0.4, -0.2) is 10.7 Å². The Hall–Kier alpha value is -3.26. The molecule has 0 bridgehead atoms. The van der Waals surface area contributed by atoms with E-state index in [1.807, 2.05) is 36.4 Å². The van der Waals surface area contributed by atoms with Crippen molar-refractivity contribution in [1.82, 2.24) is 4.98 Å². The number of rotatable bonds is 1. The molecule has 1 aromatic heterocycles. The summed E-state index contributed by atoms with van der Waals surface area (Å²) < 4.78 is 0. The Bertz CT molecular complexity index is 1140. The average Bonchev–Trinajstić information content (AvgIpc) is 2.93. The van der Waals surface area contributed by atoms with Crippen molar-refractivity contribution in [3.63, 3.8) is 0 Å². The van der Waals surface area contributed by atoms with Gasteiger partial charge >= 0.3 is 0 Å². The summed E-state index contributed by atoms with van der Waals surface area (Å²) in [5.41, 5.74) is 8.72. The molecule has 0 atom stereocenters. The molecule has 0 radical (unpaired) electrons. The Morgan fingerprint density at radius 3 is 2.40 bits per heavy atom. The van der Waals surface area contributed by atoms with Crippen molar-refractivity contribution in [3.8, 4) is 11.3 Å². The van der Waals surface area contributed by atoms with Crippen molar-refractivity contribution in [1.29, 1.82) is 0 Å². The predicted octanol–water partition coefficient (Wildman–Crippen LogP) is 5.69. The highest BCUT2D eigenvalue weighted by Gasteiger charge is 2.27. The fourth-order valence-corrected chi connectivity index (χ4v) is 3.46. The molecule has 0 spiro atoms. The second kappa shape index (κ2) is 5.38. The van der Waals surface area contributed by atoms with Crippen LogP contribution in [0.1, 0.15) is 16.7 Å². The maximum absolute atomic E-state index is 4.95. The maximum atomic E-state index is 4.95. The first-order chi connectivity index (χ1) is 12.3. The first-order valence-electron chi connectivity index (χ1n) is 8.45. The molecule has 5 rings (SSSR count). The molecule has 118 valence electrons. The zero-order valence-corrected chi connectivity index (χ0v) is 13.9. The van der Waals surface area contributed by atoms with Crippen molar-refractivity contribution < 1.29 is 0 Å². The van der Waals surface area contributed by atoms with E-state index in [-0.39, 0.29) is 0 Å². The van der Waals surface area contributed by atoms with Crippen LogP contribution < -0.4 is 0 Å². The van der Waals surface area contributed by atoms with Crippen molar-refractivity contribution in [2.24, 2.45) is 4.99 Å². The zero-order valence-electron chi connectivity index (χ0n) is 13.9. The van der Waals surface area contributed by atoms with Crippen LogP contribution in [0.2, 0.25) is 0 Å². The highest BCUT2D eigenvalue weighted by molar-refractivity contribution is 6.25. The molecule has 0 aliphatic heterocycles. The molecule has 0 amide bonds. The second-order valence-electron chi connectivity index (χ2n) is 6.42. The van der Waals surface area contributed by atoms with E-state index in [1.54, 1.807) is 0 Å². The summed E-state index contributed by atoms with van der Waals surface area (Å²) in [6.07, 6.45) is 0. The zero-order chi connectivity index (χ0) is 16.8. The lowest BCUT2D eigenvalue weighted by molar-refractivity contribution is 1.39. The number of hydrogen-bond acceptors (Lipinski definition) is 2. The summed E-state index contributed by atoms with van der Waals surface area (Å²) in [6, 6.07) is 27.1.